The van der Waals surface area contributed by atoms with Gasteiger partial charge in [-0.25, -0.2) is 9.78 Å². The highest BCUT2D eigenvalue weighted by atomic mass is 16.5. The third kappa shape index (κ3) is 4.88. The monoisotopic (exact) mass is 381 g/mol. The molecule has 0 fully saturated rings. The summed E-state index contributed by atoms with van der Waals surface area (Å²) < 4.78 is 7.66. The van der Waals surface area contributed by atoms with E-state index < -0.39 is 17.9 Å². The van der Waals surface area contributed by atoms with Gasteiger partial charge in [0.05, 0.1) is 5.69 Å². The van der Waals surface area contributed by atoms with Gasteiger partial charge in [0.1, 0.15) is 24.0 Å². The fraction of sp³-hybridized carbons (Fsp3) is 0.286. The molecular formula is C21H23N3O4. The molecule has 2 N–H and O–H groups in total. The summed E-state index contributed by atoms with van der Waals surface area (Å²) in [6.07, 6.45) is 4.16. The average Bonchev–Trinajstić information content (AvgIpc) is 3.08. The van der Waals surface area contributed by atoms with Crippen molar-refractivity contribution in [3.05, 3.63) is 66.1 Å². The summed E-state index contributed by atoms with van der Waals surface area (Å²) in [7, 11) is 0. The number of fused-ring (bicyclic) bond motifs is 1. The van der Waals surface area contributed by atoms with Gasteiger partial charge in [0, 0.05) is 18.0 Å². The molecule has 0 aliphatic rings. The Morgan fingerprint density at radius 3 is 2.75 bits per heavy atom. The lowest BCUT2D eigenvalue weighted by Crippen LogP contribution is -2.41. The number of pyridine rings is 1. The maximum Gasteiger partial charge on any atom is 0.326 e. The van der Waals surface area contributed by atoms with E-state index in [4.69, 9.17) is 4.74 Å². The minimum atomic E-state index is -1.04. The zero-order chi connectivity index (χ0) is 20.1. The van der Waals surface area contributed by atoms with Crippen molar-refractivity contribution in [2.24, 2.45) is 5.92 Å². The fourth-order valence-electron chi connectivity index (χ4n) is 2.88. The number of carboxylic acid groups (broad SMARTS) is 1. The highest BCUT2D eigenvalue weighted by Crippen LogP contribution is 2.16. The van der Waals surface area contributed by atoms with Crippen molar-refractivity contribution < 1.29 is 19.4 Å². The number of carboxylic acids is 1. The van der Waals surface area contributed by atoms with E-state index in [0.717, 1.165) is 11.3 Å². The summed E-state index contributed by atoms with van der Waals surface area (Å²) in [5, 5.41) is 11.9. The van der Waals surface area contributed by atoms with Crippen molar-refractivity contribution in [3.8, 4) is 5.75 Å². The number of hydrogen-bond acceptors (Lipinski definition) is 4. The van der Waals surface area contributed by atoms with Gasteiger partial charge in [-0.2, -0.15) is 0 Å². The zero-order valence-corrected chi connectivity index (χ0v) is 15.8. The molecule has 1 amide bonds. The highest BCUT2D eigenvalue weighted by molar-refractivity contribution is 5.96. The van der Waals surface area contributed by atoms with Gasteiger partial charge in [0.2, 0.25) is 0 Å². The number of ether oxygens (including phenoxy) is 1. The largest absolute Gasteiger partial charge is 0.487 e. The van der Waals surface area contributed by atoms with Crippen LogP contribution in [0.3, 0.4) is 0 Å². The van der Waals surface area contributed by atoms with Crippen LogP contribution in [-0.4, -0.2) is 32.4 Å². The number of carbonyl (C=O) groups excluding carboxylic acids is 1. The predicted molar refractivity (Wildman–Crippen MR) is 104 cm³/mol. The predicted octanol–water partition coefficient (Wildman–Crippen LogP) is 3.14. The van der Waals surface area contributed by atoms with Crippen molar-refractivity contribution in [2.75, 3.05) is 0 Å². The van der Waals surface area contributed by atoms with Gasteiger partial charge in [-0.1, -0.05) is 26.0 Å². The van der Waals surface area contributed by atoms with Gasteiger partial charge in [-0.3, -0.25) is 4.79 Å². The van der Waals surface area contributed by atoms with Crippen LogP contribution in [0.25, 0.3) is 5.65 Å². The Hall–Kier alpha value is -3.35. The number of hydrogen-bond donors (Lipinski definition) is 2. The summed E-state index contributed by atoms with van der Waals surface area (Å²) in [5.74, 6) is -0.811. The first-order valence-electron chi connectivity index (χ1n) is 9.11. The smallest absolute Gasteiger partial charge is 0.326 e. The maximum absolute atomic E-state index is 12.4. The first-order chi connectivity index (χ1) is 13.4. The standard InChI is InChI=1S/C21H23N3O4/c1-14(2)10-18(21(26)27)23-20(25)15-6-5-7-17(11-15)28-13-16-12-24-9-4-3-8-19(24)22-16/h3-9,11-12,14,18H,10,13H2,1-2H3,(H,23,25)(H,26,27)/t18-/m1/s1. The molecule has 3 aromatic rings. The van der Waals surface area contributed by atoms with E-state index in [1.807, 2.05) is 48.8 Å². The van der Waals surface area contributed by atoms with Gasteiger partial charge >= 0.3 is 5.97 Å². The molecule has 0 spiro atoms. The summed E-state index contributed by atoms with van der Waals surface area (Å²) in [5.41, 5.74) is 1.95. The van der Waals surface area contributed by atoms with Crippen LogP contribution in [0.4, 0.5) is 0 Å². The Bertz CT molecular complexity index is 947. The van der Waals surface area contributed by atoms with E-state index in [0.29, 0.717) is 17.7 Å². The van der Waals surface area contributed by atoms with Crippen molar-refractivity contribution in [3.63, 3.8) is 0 Å². The third-order valence-corrected chi connectivity index (χ3v) is 4.21. The van der Waals surface area contributed by atoms with Gasteiger partial charge in [0.25, 0.3) is 5.91 Å². The lowest BCUT2D eigenvalue weighted by molar-refractivity contribution is -0.139. The van der Waals surface area contributed by atoms with E-state index in [-0.39, 0.29) is 12.5 Å². The number of rotatable bonds is 8. The van der Waals surface area contributed by atoms with E-state index in [1.54, 1.807) is 24.3 Å². The molecule has 0 saturated carbocycles. The Labute approximate surface area is 163 Å². The van der Waals surface area contributed by atoms with Crippen LogP contribution in [0.1, 0.15) is 36.3 Å². The lowest BCUT2D eigenvalue weighted by atomic mass is 10.0. The second kappa shape index (κ2) is 8.56. The van der Waals surface area contributed by atoms with Crippen LogP contribution in [0.5, 0.6) is 5.75 Å². The quantitative estimate of drug-likeness (QED) is 0.625. The highest BCUT2D eigenvalue weighted by Gasteiger charge is 2.21. The van der Waals surface area contributed by atoms with Crippen LogP contribution in [0.2, 0.25) is 0 Å². The molecule has 0 aliphatic carbocycles. The zero-order valence-electron chi connectivity index (χ0n) is 15.8. The molecule has 28 heavy (non-hydrogen) atoms. The molecule has 0 unspecified atom stereocenters. The van der Waals surface area contributed by atoms with Crippen LogP contribution >= 0.6 is 0 Å². The van der Waals surface area contributed by atoms with Gasteiger partial charge in [-0.15, -0.1) is 0 Å². The first-order valence-corrected chi connectivity index (χ1v) is 9.11. The topological polar surface area (TPSA) is 92.9 Å². The van der Waals surface area contributed by atoms with Crippen LogP contribution in [-0.2, 0) is 11.4 Å². The second-order valence-corrected chi connectivity index (χ2v) is 7.01. The molecule has 1 atom stereocenters. The van der Waals surface area contributed by atoms with Gasteiger partial charge < -0.3 is 19.6 Å². The van der Waals surface area contributed by atoms with Crippen LogP contribution in [0.15, 0.2) is 54.9 Å². The number of nitrogens with zero attached hydrogens (tertiary/aromatic N) is 2. The molecule has 0 radical (unpaired) electrons. The summed E-state index contributed by atoms with van der Waals surface area (Å²) in [6, 6.07) is 11.5. The number of aromatic nitrogens is 2. The van der Waals surface area contributed by atoms with Gasteiger partial charge in [-0.05, 0) is 42.7 Å². The number of imidazole rings is 1. The van der Waals surface area contributed by atoms with Crippen LogP contribution in [0, 0.1) is 5.92 Å². The number of aliphatic carboxylic acids is 1. The minimum Gasteiger partial charge on any atom is -0.487 e. The fourth-order valence-corrected chi connectivity index (χ4v) is 2.88. The van der Waals surface area contributed by atoms with Crippen molar-refractivity contribution in [1.29, 1.82) is 0 Å². The Kier molecular flexibility index (Phi) is 5.93. The van der Waals surface area contributed by atoms with E-state index in [1.165, 1.54) is 0 Å². The maximum atomic E-state index is 12.4. The minimum absolute atomic E-state index is 0.154. The van der Waals surface area contributed by atoms with Crippen molar-refractivity contribution >= 4 is 17.5 Å². The second-order valence-electron chi connectivity index (χ2n) is 7.01. The Morgan fingerprint density at radius 2 is 2.04 bits per heavy atom. The summed E-state index contributed by atoms with van der Waals surface area (Å²) in [4.78, 5) is 28.3. The summed E-state index contributed by atoms with van der Waals surface area (Å²) >= 11 is 0. The summed E-state index contributed by atoms with van der Waals surface area (Å²) in [6.45, 7) is 4.09. The van der Waals surface area contributed by atoms with Crippen LogP contribution < -0.4 is 10.1 Å². The first kappa shape index (κ1) is 19.4. The Balaban J connectivity index is 1.65. The molecule has 3 rings (SSSR count). The Morgan fingerprint density at radius 1 is 1.21 bits per heavy atom. The van der Waals surface area contributed by atoms with E-state index in [9.17, 15) is 14.7 Å². The molecular weight excluding hydrogens is 358 g/mol. The number of carbonyl (C=O) groups is 2. The number of nitrogens with one attached hydrogen (secondary N) is 1. The molecule has 146 valence electrons. The van der Waals surface area contributed by atoms with Gasteiger partial charge in [0.15, 0.2) is 0 Å². The normalized spacial score (nSPS) is 12.1. The average molecular weight is 381 g/mol. The van der Waals surface area contributed by atoms with E-state index >= 15 is 0 Å². The van der Waals surface area contributed by atoms with E-state index in [2.05, 4.69) is 10.3 Å². The molecule has 7 nitrogen and oxygen atoms in total. The van der Waals surface area contributed by atoms with Crippen molar-refractivity contribution in [2.45, 2.75) is 32.9 Å². The molecule has 2 heterocycles. The third-order valence-electron chi connectivity index (χ3n) is 4.21. The SMILES string of the molecule is CC(C)C[C@@H](NC(=O)c1cccc(OCc2cn3ccccc3n2)c1)C(=O)O. The molecule has 0 saturated heterocycles. The van der Waals surface area contributed by atoms with Crippen molar-refractivity contribution in [1.82, 2.24) is 14.7 Å². The molecule has 0 aliphatic heterocycles. The number of benzene rings is 1. The molecule has 7 heteroatoms. The lowest BCUT2D eigenvalue weighted by Gasteiger charge is -2.16. The molecule has 2 aromatic heterocycles. The molecule has 1 aromatic carbocycles. The molecule has 0 bridgehead atoms. The number of amides is 1.